The van der Waals surface area contributed by atoms with Gasteiger partial charge in [-0.2, -0.15) is 0 Å². The minimum atomic E-state index is -0.222. The van der Waals surface area contributed by atoms with Crippen LogP contribution in [0.2, 0.25) is 0 Å². The van der Waals surface area contributed by atoms with E-state index in [4.69, 9.17) is 19.7 Å². The number of hydrogen-bond acceptors (Lipinski definition) is 4. The molecule has 4 nitrogen and oxygen atoms in total. The van der Waals surface area contributed by atoms with Crippen LogP contribution in [0.15, 0.2) is 24.3 Å². The first-order chi connectivity index (χ1) is 11.7. The Labute approximate surface area is 147 Å². The average molecular weight is 341 g/mol. The summed E-state index contributed by atoms with van der Waals surface area (Å²) in [5, 5.41) is 17.6. The molecule has 0 saturated carbocycles. The smallest absolute Gasteiger partial charge is 0.0550 e. The van der Waals surface area contributed by atoms with Crippen LogP contribution in [-0.2, 0) is 9.47 Å². The van der Waals surface area contributed by atoms with Gasteiger partial charge < -0.3 is 19.7 Å². The Bertz CT molecular complexity index is 342. The molecule has 0 unspecified atom stereocenters. The lowest BCUT2D eigenvalue weighted by Gasteiger charge is -2.28. The largest absolute Gasteiger partial charge is 0.396 e. The normalized spacial score (nSPS) is 20.2. The summed E-state index contributed by atoms with van der Waals surface area (Å²) in [6.45, 7) is 7.91. The van der Waals surface area contributed by atoms with Crippen LogP contribution in [0.4, 0.5) is 0 Å². The van der Waals surface area contributed by atoms with E-state index in [1.165, 1.54) is 0 Å². The maximum absolute atomic E-state index is 8.82. The van der Waals surface area contributed by atoms with Gasteiger partial charge in [0.2, 0.25) is 0 Å². The predicted molar refractivity (Wildman–Crippen MR) is 98.0 cm³/mol. The Morgan fingerprint density at radius 1 is 0.708 bits per heavy atom. The monoisotopic (exact) mass is 340 g/mol. The van der Waals surface area contributed by atoms with Gasteiger partial charge in [-0.05, 0) is 38.5 Å². The van der Waals surface area contributed by atoms with Crippen molar-refractivity contribution in [3.8, 4) is 0 Å². The van der Waals surface area contributed by atoms with E-state index in [0.29, 0.717) is 0 Å². The first kappa shape index (κ1) is 21.4. The maximum atomic E-state index is 8.82. The highest BCUT2D eigenvalue weighted by atomic mass is 16.5. The van der Waals surface area contributed by atoms with Gasteiger partial charge in [-0.3, -0.25) is 0 Å². The number of hydrogen-bond donors (Lipinski definition) is 2. The van der Waals surface area contributed by atoms with Crippen LogP contribution < -0.4 is 0 Å². The molecule has 2 aliphatic carbocycles. The summed E-state index contributed by atoms with van der Waals surface area (Å²) in [6.07, 6.45) is 14.6. The Balaban J connectivity index is 0.000000272. The molecule has 0 aromatic heterocycles. The standard InChI is InChI=1S/C13H24O2.C7H12O2/c1-3-9-14-11-13(7-5-6-8-13)12-15-10-4-2;8-5-7(6-9)3-1-2-4-7/h5-6H,3-4,7-12H2,1-2H3;1-2,8-9H,3-6H2. The number of aliphatic hydroxyl groups excluding tert-OH is 2. The lowest BCUT2D eigenvalue weighted by molar-refractivity contribution is -0.0160. The fourth-order valence-electron chi connectivity index (χ4n) is 2.95. The quantitative estimate of drug-likeness (QED) is 0.472. The summed E-state index contributed by atoms with van der Waals surface area (Å²) in [5.74, 6) is 0. The zero-order chi connectivity index (χ0) is 17.7. The molecule has 140 valence electrons. The molecule has 2 N–H and O–H groups in total. The molecule has 2 aliphatic rings. The second-order valence-electron chi connectivity index (χ2n) is 7.18. The van der Waals surface area contributed by atoms with Crippen LogP contribution in [0, 0.1) is 10.8 Å². The molecular weight excluding hydrogens is 304 g/mol. The van der Waals surface area contributed by atoms with Gasteiger partial charge >= 0.3 is 0 Å². The van der Waals surface area contributed by atoms with E-state index >= 15 is 0 Å². The Morgan fingerprint density at radius 3 is 1.38 bits per heavy atom. The van der Waals surface area contributed by atoms with E-state index in [9.17, 15) is 0 Å². The Morgan fingerprint density at radius 2 is 1.08 bits per heavy atom. The summed E-state index contributed by atoms with van der Waals surface area (Å²) < 4.78 is 11.4. The topological polar surface area (TPSA) is 58.9 Å². The third kappa shape index (κ3) is 7.06. The molecule has 24 heavy (non-hydrogen) atoms. The highest BCUT2D eigenvalue weighted by Gasteiger charge is 2.31. The second-order valence-corrected chi connectivity index (χ2v) is 7.18. The van der Waals surface area contributed by atoms with Gasteiger partial charge in [-0.15, -0.1) is 0 Å². The lowest BCUT2D eigenvalue weighted by atomic mass is 9.87. The van der Waals surface area contributed by atoms with Crippen LogP contribution >= 0.6 is 0 Å². The zero-order valence-electron chi connectivity index (χ0n) is 15.5. The van der Waals surface area contributed by atoms with Crippen LogP contribution in [0.25, 0.3) is 0 Å². The summed E-state index contributed by atoms with van der Waals surface area (Å²) in [5.41, 5.74) is 0.0182. The molecule has 0 atom stereocenters. The Hall–Kier alpha value is -0.680. The maximum Gasteiger partial charge on any atom is 0.0550 e. The van der Waals surface area contributed by atoms with Crippen LogP contribution in [0.3, 0.4) is 0 Å². The van der Waals surface area contributed by atoms with Crippen LogP contribution in [0.1, 0.15) is 52.4 Å². The van der Waals surface area contributed by atoms with Gasteiger partial charge in [0.25, 0.3) is 0 Å². The van der Waals surface area contributed by atoms with Gasteiger partial charge in [0.1, 0.15) is 0 Å². The molecule has 0 aromatic rings. The third-order valence-corrected chi connectivity index (χ3v) is 4.72. The Kier molecular flexibility index (Phi) is 10.5. The van der Waals surface area contributed by atoms with Crippen molar-refractivity contribution in [3.05, 3.63) is 24.3 Å². The fraction of sp³-hybridized carbons (Fsp3) is 0.800. The van der Waals surface area contributed by atoms with Crippen molar-refractivity contribution in [1.82, 2.24) is 0 Å². The van der Waals surface area contributed by atoms with Crippen molar-refractivity contribution in [2.45, 2.75) is 52.4 Å². The van der Waals surface area contributed by atoms with Gasteiger partial charge in [-0.25, -0.2) is 0 Å². The summed E-state index contributed by atoms with van der Waals surface area (Å²) >= 11 is 0. The van der Waals surface area contributed by atoms with Gasteiger partial charge in [0, 0.05) is 24.0 Å². The molecular formula is C20H36O4. The molecule has 0 amide bonds. The van der Waals surface area contributed by atoms with E-state index in [1.807, 2.05) is 12.2 Å². The molecule has 0 spiro atoms. The van der Waals surface area contributed by atoms with Crippen molar-refractivity contribution in [2.75, 3.05) is 39.6 Å². The molecule has 2 rings (SSSR count). The van der Waals surface area contributed by atoms with Crippen molar-refractivity contribution in [3.63, 3.8) is 0 Å². The van der Waals surface area contributed by atoms with Crippen molar-refractivity contribution >= 4 is 0 Å². The first-order valence-corrected chi connectivity index (χ1v) is 9.33. The van der Waals surface area contributed by atoms with Gasteiger partial charge in [0.15, 0.2) is 0 Å². The van der Waals surface area contributed by atoms with Crippen molar-refractivity contribution < 1.29 is 19.7 Å². The average Bonchev–Trinajstić information content (AvgIpc) is 3.26. The SMILES string of the molecule is CCCOCC1(COCCC)CC=CC1.OCC1(CO)CC=CC1. The van der Waals surface area contributed by atoms with Gasteiger partial charge in [0.05, 0.1) is 26.4 Å². The van der Waals surface area contributed by atoms with E-state index in [0.717, 1.165) is 65.0 Å². The molecule has 0 aromatic carbocycles. The van der Waals surface area contributed by atoms with E-state index in [1.54, 1.807) is 0 Å². The summed E-state index contributed by atoms with van der Waals surface area (Å²) in [7, 11) is 0. The van der Waals surface area contributed by atoms with E-state index < -0.39 is 0 Å². The van der Waals surface area contributed by atoms with E-state index in [-0.39, 0.29) is 24.0 Å². The molecule has 0 saturated heterocycles. The number of aliphatic hydroxyl groups is 2. The molecule has 0 aliphatic heterocycles. The third-order valence-electron chi connectivity index (χ3n) is 4.72. The molecule has 0 fully saturated rings. The molecule has 0 bridgehead atoms. The highest BCUT2D eigenvalue weighted by Crippen LogP contribution is 2.34. The summed E-state index contributed by atoms with van der Waals surface area (Å²) in [4.78, 5) is 0. The van der Waals surface area contributed by atoms with Crippen molar-refractivity contribution in [2.24, 2.45) is 10.8 Å². The minimum Gasteiger partial charge on any atom is -0.396 e. The van der Waals surface area contributed by atoms with Gasteiger partial charge in [-0.1, -0.05) is 38.2 Å². The zero-order valence-corrected chi connectivity index (χ0v) is 15.5. The summed E-state index contributed by atoms with van der Waals surface area (Å²) in [6, 6.07) is 0. The fourth-order valence-corrected chi connectivity index (χ4v) is 2.95. The molecule has 4 heteroatoms. The lowest BCUT2D eigenvalue weighted by Crippen LogP contribution is -2.30. The molecule has 0 heterocycles. The molecule has 0 radical (unpaired) electrons. The number of ether oxygens (including phenoxy) is 2. The van der Waals surface area contributed by atoms with E-state index in [2.05, 4.69) is 26.0 Å². The predicted octanol–water partition coefficient (Wildman–Crippen LogP) is 3.48. The van der Waals surface area contributed by atoms with Crippen LogP contribution in [0.5, 0.6) is 0 Å². The van der Waals surface area contributed by atoms with Crippen molar-refractivity contribution in [1.29, 1.82) is 0 Å². The highest BCUT2D eigenvalue weighted by molar-refractivity contribution is 5.03. The first-order valence-electron chi connectivity index (χ1n) is 9.33. The van der Waals surface area contributed by atoms with Crippen LogP contribution in [-0.4, -0.2) is 49.9 Å². The second kappa shape index (κ2) is 11.8. The minimum absolute atomic E-state index is 0.0938. The number of rotatable bonds is 10. The number of allylic oxidation sites excluding steroid dienone is 4.